The van der Waals surface area contributed by atoms with Gasteiger partial charge in [-0.3, -0.25) is 9.69 Å². The van der Waals surface area contributed by atoms with Crippen LogP contribution in [0.15, 0.2) is 105 Å². The number of fused-ring (bicyclic) bond motifs is 1. The van der Waals surface area contributed by atoms with Crippen molar-refractivity contribution in [3.8, 4) is 0 Å². The smallest absolute Gasteiger partial charge is 0.269 e. The van der Waals surface area contributed by atoms with Crippen molar-refractivity contribution < 1.29 is 4.79 Å². The van der Waals surface area contributed by atoms with Crippen LogP contribution in [0.2, 0.25) is 0 Å². The number of anilines is 1. The van der Waals surface area contributed by atoms with Crippen LogP contribution in [-0.2, 0) is 11.2 Å². The molecule has 0 N–H and O–H groups in total. The lowest BCUT2D eigenvalue weighted by molar-refractivity contribution is -0.122. The van der Waals surface area contributed by atoms with E-state index in [0.29, 0.717) is 6.54 Å². The molecule has 0 radical (unpaired) electrons. The molecule has 1 saturated heterocycles. The standard InChI is InChI=1S/C26H23N3OS2/c1-2-28-21-15-9-10-16-22(21)31-25(28)23-24(30)29(18-17-19-11-5-3-6-12-19)26(32-23)27-20-13-7-4-8-14-20/h3-16H,2,17-18H2,1H3/b25-23-,27-26?. The third-order valence-electron chi connectivity index (χ3n) is 5.43. The lowest BCUT2D eigenvalue weighted by Crippen LogP contribution is -2.32. The van der Waals surface area contributed by atoms with Crippen LogP contribution in [0.25, 0.3) is 0 Å². The number of benzene rings is 3. The summed E-state index contributed by atoms with van der Waals surface area (Å²) in [5.41, 5.74) is 3.23. The molecule has 0 spiro atoms. The molecule has 0 atom stereocenters. The van der Waals surface area contributed by atoms with Gasteiger partial charge in [-0.25, -0.2) is 4.99 Å². The summed E-state index contributed by atoms with van der Waals surface area (Å²) >= 11 is 3.16. The Labute approximate surface area is 197 Å². The summed E-state index contributed by atoms with van der Waals surface area (Å²) in [4.78, 5) is 24.5. The van der Waals surface area contributed by atoms with Crippen LogP contribution in [0, 0.1) is 0 Å². The summed E-state index contributed by atoms with van der Waals surface area (Å²) < 4.78 is 0. The summed E-state index contributed by atoms with van der Waals surface area (Å²) in [6, 6.07) is 28.5. The maximum absolute atomic E-state index is 13.7. The monoisotopic (exact) mass is 457 g/mol. The van der Waals surface area contributed by atoms with Gasteiger partial charge in [-0.05, 0) is 54.9 Å². The summed E-state index contributed by atoms with van der Waals surface area (Å²) in [6.45, 7) is 3.54. The average molecular weight is 458 g/mol. The molecule has 160 valence electrons. The number of hydrogen-bond acceptors (Lipinski definition) is 5. The summed E-state index contributed by atoms with van der Waals surface area (Å²) in [5, 5.41) is 1.75. The highest BCUT2D eigenvalue weighted by Crippen LogP contribution is 2.50. The topological polar surface area (TPSA) is 35.9 Å². The van der Waals surface area contributed by atoms with Crippen molar-refractivity contribution in [3.63, 3.8) is 0 Å². The number of amides is 1. The number of thioether (sulfide) groups is 2. The Bertz CT molecular complexity index is 1190. The van der Waals surface area contributed by atoms with Crippen molar-refractivity contribution in [1.82, 2.24) is 4.90 Å². The van der Waals surface area contributed by atoms with Crippen LogP contribution in [0.3, 0.4) is 0 Å². The first-order valence-corrected chi connectivity index (χ1v) is 12.3. The SMILES string of the molecule is CCN1/C(=C2/SC(=Nc3ccccc3)N(CCc3ccccc3)C2=O)Sc2ccccc21. The van der Waals surface area contributed by atoms with Crippen molar-refractivity contribution in [2.45, 2.75) is 18.2 Å². The van der Waals surface area contributed by atoms with Gasteiger partial charge in [-0.15, -0.1) is 0 Å². The van der Waals surface area contributed by atoms with Gasteiger partial charge in [0.05, 0.1) is 11.4 Å². The van der Waals surface area contributed by atoms with Crippen LogP contribution in [0.5, 0.6) is 0 Å². The minimum Gasteiger partial charge on any atom is -0.334 e. The van der Waals surface area contributed by atoms with Crippen LogP contribution >= 0.6 is 23.5 Å². The minimum atomic E-state index is 0.0365. The molecule has 32 heavy (non-hydrogen) atoms. The second kappa shape index (κ2) is 9.27. The molecule has 0 bridgehead atoms. The minimum absolute atomic E-state index is 0.0365. The third kappa shape index (κ3) is 4.08. The zero-order valence-corrected chi connectivity index (χ0v) is 19.4. The molecule has 6 heteroatoms. The molecule has 0 saturated carbocycles. The summed E-state index contributed by atoms with van der Waals surface area (Å²) in [7, 11) is 0. The molecule has 0 unspecified atom stereocenters. The maximum atomic E-state index is 13.7. The molecule has 1 amide bonds. The van der Waals surface area contributed by atoms with Crippen molar-refractivity contribution >= 4 is 46.0 Å². The predicted octanol–water partition coefficient (Wildman–Crippen LogP) is 6.29. The lowest BCUT2D eigenvalue weighted by Gasteiger charge is -2.19. The Hall–Kier alpha value is -2.96. The Morgan fingerprint density at radius 3 is 2.25 bits per heavy atom. The van der Waals surface area contributed by atoms with Crippen LogP contribution in [0.4, 0.5) is 11.4 Å². The number of aliphatic imine (C=N–C) groups is 1. The zero-order chi connectivity index (χ0) is 21.9. The average Bonchev–Trinajstić information content (AvgIpc) is 3.36. The third-order valence-corrected chi connectivity index (χ3v) is 7.81. The molecule has 2 heterocycles. The van der Waals surface area contributed by atoms with Gasteiger partial charge in [-0.1, -0.05) is 72.4 Å². The lowest BCUT2D eigenvalue weighted by atomic mass is 10.1. The molecular formula is C26H23N3OS2. The number of nitrogens with zero attached hydrogens (tertiary/aromatic N) is 3. The number of para-hydroxylation sites is 2. The van der Waals surface area contributed by atoms with Crippen molar-refractivity contribution in [2.75, 3.05) is 18.0 Å². The van der Waals surface area contributed by atoms with E-state index >= 15 is 0 Å². The highest BCUT2D eigenvalue weighted by Gasteiger charge is 2.39. The highest BCUT2D eigenvalue weighted by molar-refractivity contribution is 8.19. The van der Waals surface area contributed by atoms with Gasteiger partial charge in [0, 0.05) is 18.0 Å². The van der Waals surface area contributed by atoms with E-state index in [1.807, 2.05) is 65.6 Å². The van der Waals surface area contributed by atoms with E-state index in [-0.39, 0.29) is 5.91 Å². The van der Waals surface area contributed by atoms with E-state index in [0.717, 1.165) is 33.8 Å². The summed E-state index contributed by atoms with van der Waals surface area (Å²) in [6.07, 6.45) is 0.786. The van der Waals surface area contributed by atoms with Gasteiger partial charge >= 0.3 is 0 Å². The molecule has 3 aromatic rings. The molecular weight excluding hydrogens is 434 g/mol. The number of amidine groups is 1. The highest BCUT2D eigenvalue weighted by atomic mass is 32.2. The molecule has 2 aliphatic rings. The summed E-state index contributed by atoms with van der Waals surface area (Å²) in [5.74, 6) is 0.0365. The van der Waals surface area contributed by atoms with E-state index in [1.54, 1.807) is 11.8 Å². The fourth-order valence-corrected chi connectivity index (χ4v) is 6.25. The predicted molar refractivity (Wildman–Crippen MR) is 135 cm³/mol. The molecule has 5 rings (SSSR count). The zero-order valence-electron chi connectivity index (χ0n) is 17.8. The second-order valence-electron chi connectivity index (χ2n) is 7.47. The Kier molecular flexibility index (Phi) is 6.06. The molecule has 3 aromatic carbocycles. The van der Waals surface area contributed by atoms with Gasteiger partial charge in [0.1, 0.15) is 9.93 Å². The maximum Gasteiger partial charge on any atom is 0.269 e. The number of rotatable bonds is 5. The van der Waals surface area contributed by atoms with Gasteiger partial charge in [-0.2, -0.15) is 0 Å². The normalized spacial score (nSPS) is 19.2. The van der Waals surface area contributed by atoms with Crippen molar-refractivity contribution in [2.24, 2.45) is 4.99 Å². The Morgan fingerprint density at radius 1 is 0.812 bits per heavy atom. The van der Waals surface area contributed by atoms with Crippen molar-refractivity contribution in [1.29, 1.82) is 0 Å². The quantitative estimate of drug-likeness (QED) is 0.422. The second-order valence-corrected chi connectivity index (χ2v) is 9.48. The number of carbonyl (C=O) groups excluding carboxylic acids is 1. The van der Waals surface area contributed by atoms with Crippen LogP contribution < -0.4 is 4.90 Å². The largest absolute Gasteiger partial charge is 0.334 e. The Balaban J connectivity index is 1.51. The van der Waals surface area contributed by atoms with Gasteiger partial charge in [0.15, 0.2) is 5.17 Å². The fraction of sp³-hybridized carbons (Fsp3) is 0.154. The molecule has 4 nitrogen and oxygen atoms in total. The van der Waals surface area contributed by atoms with E-state index < -0.39 is 0 Å². The molecule has 2 aliphatic heterocycles. The van der Waals surface area contributed by atoms with E-state index in [1.165, 1.54) is 27.9 Å². The van der Waals surface area contributed by atoms with Crippen LogP contribution in [0.1, 0.15) is 12.5 Å². The first-order chi connectivity index (χ1) is 15.7. The first kappa shape index (κ1) is 20.9. The number of carbonyl (C=O) groups is 1. The van der Waals surface area contributed by atoms with Gasteiger partial charge < -0.3 is 4.90 Å². The van der Waals surface area contributed by atoms with E-state index in [2.05, 4.69) is 36.1 Å². The van der Waals surface area contributed by atoms with Gasteiger partial charge in [0.2, 0.25) is 0 Å². The fourth-order valence-electron chi connectivity index (χ4n) is 3.83. The van der Waals surface area contributed by atoms with Crippen LogP contribution in [-0.4, -0.2) is 29.1 Å². The molecule has 1 fully saturated rings. The van der Waals surface area contributed by atoms with Gasteiger partial charge in [0.25, 0.3) is 5.91 Å². The van der Waals surface area contributed by atoms with Crippen molar-refractivity contribution in [3.05, 3.63) is 100 Å². The first-order valence-electron chi connectivity index (χ1n) is 10.7. The van der Waals surface area contributed by atoms with E-state index in [9.17, 15) is 4.79 Å². The Morgan fingerprint density at radius 2 is 1.50 bits per heavy atom. The van der Waals surface area contributed by atoms with E-state index in [4.69, 9.17) is 4.99 Å². The molecule has 0 aromatic heterocycles. The molecule has 0 aliphatic carbocycles. The number of hydrogen-bond donors (Lipinski definition) is 0.